The number of imidazole rings is 1. The van der Waals surface area contributed by atoms with Crippen LogP contribution in [-0.2, 0) is 17.8 Å². The second kappa shape index (κ2) is 7.96. The Labute approximate surface area is 147 Å². The average molecular weight is 339 g/mol. The van der Waals surface area contributed by atoms with E-state index in [4.69, 9.17) is 15.6 Å². The minimum atomic E-state index is 0.504. The molecular weight excluding hydrogens is 314 g/mol. The molecule has 0 aliphatic rings. The minimum absolute atomic E-state index is 0.504. The number of benzene rings is 1. The topological polar surface area (TPSA) is 78.3 Å². The lowest BCUT2D eigenvalue weighted by Crippen LogP contribution is -2.05. The first kappa shape index (κ1) is 17.2. The number of aromatic nitrogens is 3. The number of aryl methyl sites for hydroxylation is 2. The van der Waals surface area contributed by atoms with Crippen molar-refractivity contribution in [2.45, 2.75) is 45.6 Å². The van der Waals surface area contributed by atoms with E-state index in [9.17, 15) is 0 Å². The Hall–Kier alpha value is -2.63. The lowest BCUT2D eigenvalue weighted by atomic mass is 10.2. The second-order valence-electron chi connectivity index (χ2n) is 6.16. The molecule has 132 valence electrons. The number of hydrogen-bond donors (Lipinski definition) is 1. The summed E-state index contributed by atoms with van der Waals surface area (Å²) in [5.74, 6) is 1.59. The first-order valence-electron chi connectivity index (χ1n) is 8.87. The zero-order valence-electron chi connectivity index (χ0n) is 14.7. The van der Waals surface area contributed by atoms with Gasteiger partial charge in [-0.2, -0.15) is 0 Å². The fourth-order valence-electron chi connectivity index (χ4n) is 3.17. The fourth-order valence-corrected chi connectivity index (χ4v) is 3.17. The highest BCUT2D eigenvalue weighted by atomic mass is 16.6. The third-order valence-corrected chi connectivity index (χ3v) is 4.40. The Morgan fingerprint density at radius 2 is 2.04 bits per heavy atom. The average Bonchev–Trinajstić information content (AvgIpc) is 2.99. The van der Waals surface area contributed by atoms with Crippen molar-refractivity contribution in [3.8, 4) is 0 Å². The number of oxime groups is 1. The molecular formula is C19H25N5O. The van der Waals surface area contributed by atoms with Crippen LogP contribution >= 0.6 is 0 Å². The summed E-state index contributed by atoms with van der Waals surface area (Å²) in [4.78, 5) is 14.3. The molecule has 2 N–H and O–H groups in total. The monoisotopic (exact) mass is 339 g/mol. The molecule has 1 aromatic carbocycles. The Bertz CT molecular complexity index is 871. The van der Waals surface area contributed by atoms with Crippen LogP contribution in [0, 0.1) is 0 Å². The summed E-state index contributed by atoms with van der Waals surface area (Å²) in [6.45, 7) is 6.99. The molecule has 0 unspecified atom stereocenters. The van der Waals surface area contributed by atoms with Crippen molar-refractivity contribution in [2.75, 3.05) is 12.3 Å². The predicted molar refractivity (Wildman–Crippen MR) is 103 cm³/mol. The van der Waals surface area contributed by atoms with Gasteiger partial charge in [-0.05, 0) is 25.3 Å². The number of unbranched alkanes of at least 4 members (excludes halogenated alkanes) is 2. The molecule has 0 fully saturated rings. The molecule has 0 saturated carbocycles. The predicted octanol–water partition coefficient (Wildman–Crippen LogP) is 3.92. The highest BCUT2D eigenvalue weighted by Gasteiger charge is 2.16. The first-order valence-corrected chi connectivity index (χ1v) is 8.87. The minimum Gasteiger partial charge on any atom is -0.396 e. The number of rotatable bonds is 9. The standard InChI is InChI=1S/C19H25N5O/c1-3-4-11-16-23-17-18(24(16)12-7-8-13-25-21-2)14-9-5-6-10-15(14)22-19(17)20/h5-6,9-10H,2-4,7-8,11-13H2,1H3,(H2,20,22). The summed E-state index contributed by atoms with van der Waals surface area (Å²) >= 11 is 0. The van der Waals surface area contributed by atoms with Gasteiger partial charge in [0.1, 0.15) is 17.9 Å². The van der Waals surface area contributed by atoms with Crippen LogP contribution in [0.2, 0.25) is 0 Å². The van der Waals surface area contributed by atoms with Gasteiger partial charge in [-0.25, -0.2) is 9.97 Å². The first-order chi connectivity index (χ1) is 12.3. The van der Waals surface area contributed by atoms with Crippen molar-refractivity contribution in [3.05, 3.63) is 30.1 Å². The normalized spacial score (nSPS) is 11.2. The van der Waals surface area contributed by atoms with E-state index in [1.807, 2.05) is 18.2 Å². The summed E-state index contributed by atoms with van der Waals surface area (Å²) < 4.78 is 2.31. The van der Waals surface area contributed by atoms with Gasteiger partial charge in [0.05, 0.1) is 11.0 Å². The van der Waals surface area contributed by atoms with Gasteiger partial charge in [-0.3, -0.25) is 0 Å². The van der Waals surface area contributed by atoms with Crippen LogP contribution in [0.3, 0.4) is 0 Å². The number of anilines is 1. The van der Waals surface area contributed by atoms with E-state index in [1.165, 1.54) is 0 Å². The van der Waals surface area contributed by atoms with Crippen LogP contribution in [0.15, 0.2) is 29.4 Å². The van der Waals surface area contributed by atoms with Gasteiger partial charge in [0.2, 0.25) is 0 Å². The third-order valence-electron chi connectivity index (χ3n) is 4.40. The van der Waals surface area contributed by atoms with Crippen LogP contribution in [0.5, 0.6) is 0 Å². The van der Waals surface area contributed by atoms with Crippen molar-refractivity contribution in [1.82, 2.24) is 14.5 Å². The number of nitrogens with two attached hydrogens (primary N) is 1. The summed E-state index contributed by atoms with van der Waals surface area (Å²) in [6, 6.07) is 8.11. The number of nitrogen functional groups attached to an aromatic ring is 1. The number of hydrogen-bond acceptors (Lipinski definition) is 5. The molecule has 2 aromatic heterocycles. The van der Waals surface area contributed by atoms with E-state index in [0.29, 0.717) is 12.4 Å². The van der Waals surface area contributed by atoms with Crippen molar-refractivity contribution in [2.24, 2.45) is 5.16 Å². The van der Waals surface area contributed by atoms with Crippen molar-refractivity contribution < 1.29 is 4.84 Å². The van der Waals surface area contributed by atoms with E-state index in [1.54, 1.807) is 0 Å². The SMILES string of the molecule is C=NOCCCCn1c(CCCC)nc2c(N)nc3ccccc3c21. The zero-order valence-corrected chi connectivity index (χ0v) is 14.7. The smallest absolute Gasteiger partial charge is 0.152 e. The van der Waals surface area contributed by atoms with Gasteiger partial charge in [0, 0.05) is 25.1 Å². The number of para-hydroxylation sites is 1. The molecule has 0 radical (unpaired) electrons. The van der Waals surface area contributed by atoms with Gasteiger partial charge in [-0.15, -0.1) is 5.16 Å². The van der Waals surface area contributed by atoms with Crippen LogP contribution in [0.25, 0.3) is 21.9 Å². The summed E-state index contributed by atoms with van der Waals surface area (Å²) in [5, 5.41) is 4.54. The summed E-state index contributed by atoms with van der Waals surface area (Å²) in [5.41, 5.74) is 9.02. The molecule has 2 heterocycles. The van der Waals surface area contributed by atoms with E-state index in [-0.39, 0.29) is 0 Å². The molecule has 25 heavy (non-hydrogen) atoms. The Kier molecular flexibility index (Phi) is 5.48. The summed E-state index contributed by atoms with van der Waals surface area (Å²) in [7, 11) is 0. The van der Waals surface area contributed by atoms with Crippen LogP contribution < -0.4 is 5.73 Å². The molecule has 6 nitrogen and oxygen atoms in total. The Balaban J connectivity index is 2.04. The molecule has 0 spiro atoms. The molecule has 0 bridgehead atoms. The van der Waals surface area contributed by atoms with Crippen LogP contribution in [-0.4, -0.2) is 27.9 Å². The Morgan fingerprint density at radius 1 is 1.20 bits per heavy atom. The zero-order chi connectivity index (χ0) is 17.6. The number of pyridine rings is 1. The molecule has 0 aliphatic heterocycles. The van der Waals surface area contributed by atoms with E-state index < -0.39 is 0 Å². The molecule has 3 aromatic rings. The third kappa shape index (κ3) is 3.57. The highest BCUT2D eigenvalue weighted by molar-refractivity contribution is 6.06. The molecule has 0 saturated heterocycles. The molecule has 6 heteroatoms. The van der Waals surface area contributed by atoms with Crippen molar-refractivity contribution >= 4 is 34.5 Å². The van der Waals surface area contributed by atoms with E-state index in [0.717, 1.165) is 66.4 Å². The van der Waals surface area contributed by atoms with Crippen molar-refractivity contribution in [1.29, 1.82) is 0 Å². The van der Waals surface area contributed by atoms with E-state index >= 15 is 0 Å². The van der Waals surface area contributed by atoms with Crippen LogP contribution in [0.4, 0.5) is 5.82 Å². The highest BCUT2D eigenvalue weighted by Crippen LogP contribution is 2.29. The molecule has 0 aliphatic carbocycles. The maximum Gasteiger partial charge on any atom is 0.152 e. The van der Waals surface area contributed by atoms with Crippen LogP contribution in [0.1, 0.15) is 38.4 Å². The molecule has 3 rings (SSSR count). The summed E-state index contributed by atoms with van der Waals surface area (Å²) in [6.07, 6.45) is 5.10. The largest absolute Gasteiger partial charge is 0.396 e. The van der Waals surface area contributed by atoms with Gasteiger partial charge < -0.3 is 15.1 Å². The lowest BCUT2D eigenvalue weighted by Gasteiger charge is -2.10. The number of fused-ring (bicyclic) bond motifs is 3. The Morgan fingerprint density at radius 3 is 2.84 bits per heavy atom. The molecule has 0 amide bonds. The van der Waals surface area contributed by atoms with E-state index in [2.05, 4.69) is 34.4 Å². The van der Waals surface area contributed by atoms with Crippen molar-refractivity contribution in [3.63, 3.8) is 0 Å². The lowest BCUT2D eigenvalue weighted by molar-refractivity contribution is 0.142. The van der Waals surface area contributed by atoms with Gasteiger partial charge in [0.15, 0.2) is 5.82 Å². The quantitative estimate of drug-likeness (QED) is 0.364. The van der Waals surface area contributed by atoms with Gasteiger partial charge in [-0.1, -0.05) is 31.5 Å². The molecule has 0 atom stereocenters. The maximum absolute atomic E-state index is 6.20. The maximum atomic E-state index is 6.20. The fraction of sp³-hybridized carbons (Fsp3) is 0.421. The van der Waals surface area contributed by atoms with Gasteiger partial charge in [0.25, 0.3) is 0 Å². The second-order valence-corrected chi connectivity index (χ2v) is 6.16. The number of nitrogens with zero attached hydrogens (tertiary/aromatic N) is 4. The van der Waals surface area contributed by atoms with Gasteiger partial charge >= 0.3 is 0 Å².